The van der Waals surface area contributed by atoms with E-state index < -0.39 is 27.9 Å². The second-order valence-corrected chi connectivity index (χ2v) is 9.21. The summed E-state index contributed by atoms with van der Waals surface area (Å²) in [5.41, 5.74) is 0.499. The Labute approximate surface area is 191 Å². The maximum Gasteiger partial charge on any atom is 0.243 e. The number of sulfonamides is 1. The molecule has 0 spiro atoms. The summed E-state index contributed by atoms with van der Waals surface area (Å²) >= 11 is 5.79. The van der Waals surface area contributed by atoms with Gasteiger partial charge in [0.2, 0.25) is 21.8 Å². The SMILES string of the molecule is CCN(CC(=O)Nc1ccc2c(c1)OCCO2)C(=O)[C@H](C)NS(=O)(=O)c1ccc(Cl)cc1. The van der Waals surface area contributed by atoms with Gasteiger partial charge in [-0.1, -0.05) is 11.6 Å². The van der Waals surface area contributed by atoms with Crippen molar-refractivity contribution < 1.29 is 27.5 Å². The van der Waals surface area contributed by atoms with Gasteiger partial charge in [0, 0.05) is 23.3 Å². The van der Waals surface area contributed by atoms with E-state index in [1.807, 2.05) is 0 Å². The number of amides is 2. The first-order valence-corrected chi connectivity index (χ1v) is 11.8. The number of hydrogen-bond donors (Lipinski definition) is 2. The Kier molecular flexibility index (Phi) is 7.60. The topological polar surface area (TPSA) is 114 Å². The van der Waals surface area contributed by atoms with Crippen LogP contribution in [0.3, 0.4) is 0 Å². The fourth-order valence-electron chi connectivity index (χ4n) is 3.08. The van der Waals surface area contributed by atoms with Gasteiger partial charge in [0.05, 0.1) is 17.5 Å². The Morgan fingerprint density at radius 1 is 1.09 bits per heavy atom. The van der Waals surface area contributed by atoms with Gasteiger partial charge >= 0.3 is 0 Å². The molecule has 2 aromatic rings. The molecule has 0 aliphatic carbocycles. The van der Waals surface area contributed by atoms with Gasteiger partial charge in [0.1, 0.15) is 13.2 Å². The molecule has 0 radical (unpaired) electrons. The molecule has 1 aliphatic heterocycles. The highest BCUT2D eigenvalue weighted by molar-refractivity contribution is 7.89. The van der Waals surface area contributed by atoms with Crippen LogP contribution < -0.4 is 19.5 Å². The van der Waals surface area contributed by atoms with Gasteiger partial charge in [0.25, 0.3) is 0 Å². The first-order valence-electron chi connectivity index (χ1n) is 9.96. The standard InChI is InChI=1S/C21H24ClN3O6S/c1-3-25(13-20(26)23-16-6-9-18-19(12-16)31-11-10-30-18)21(27)14(2)24-32(28,29)17-7-4-15(22)5-8-17/h4-9,12,14,24H,3,10-11,13H2,1-2H3,(H,23,26)/t14-/m0/s1. The van der Waals surface area contributed by atoms with E-state index in [2.05, 4.69) is 10.0 Å². The van der Waals surface area contributed by atoms with Crippen molar-refractivity contribution in [2.24, 2.45) is 0 Å². The molecule has 172 valence electrons. The van der Waals surface area contributed by atoms with E-state index in [4.69, 9.17) is 21.1 Å². The minimum absolute atomic E-state index is 0.0130. The molecule has 1 atom stereocenters. The summed E-state index contributed by atoms with van der Waals surface area (Å²) < 4.78 is 38.3. The number of hydrogen-bond acceptors (Lipinski definition) is 6. The van der Waals surface area contributed by atoms with E-state index in [1.165, 1.54) is 36.1 Å². The number of nitrogens with zero attached hydrogens (tertiary/aromatic N) is 1. The predicted molar refractivity (Wildman–Crippen MR) is 120 cm³/mol. The predicted octanol–water partition coefficient (Wildman–Crippen LogP) is 2.27. The van der Waals surface area contributed by atoms with Gasteiger partial charge in [-0.15, -0.1) is 0 Å². The Hall–Kier alpha value is -2.82. The van der Waals surface area contributed by atoms with E-state index in [1.54, 1.807) is 25.1 Å². The highest BCUT2D eigenvalue weighted by Crippen LogP contribution is 2.32. The van der Waals surface area contributed by atoms with Crippen molar-refractivity contribution in [1.29, 1.82) is 0 Å². The van der Waals surface area contributed by atoms with Gasteiger partial charge in [-0.05, 0) is 50.2 Å². The van der Waals surface area contributed by atoms with Crippen LogP contribution in [0, 0.1) is 0 Å². The summed E-state index contributed by atoms with van der Waals surface area (Å²) in [6.07, 6.45) is 0. The zero-order valence-electron chi connectivity index (χ0n) is 17.6. The number of benzene rings is 2. The zero-order valence-corrected chi connectivity index (χ0v) is 19.2. The largest absolute Gasteiger partial charge is 0.486 e. The van der Waals surface area contributed by atoms with Gasteiger partial charge in [-0.2, -0.15) is 4.72 Å². The van der Waals surface area contributed by atoms with Crippen LogP contribution in [0.4, 0.5) is 5.69 Å². The number of halogens is 1. The van der Waals surface area contributed by atoms with Crippen LogP contribution in [0.15, 0.2) is 47.4 Å². The van der Waals surface area contributed by atoms with Crippen LogP contribution in [0.5, 0.6) is 11.5 Å². The highest BCUT2D eigenvalue weighted by Gasteiger charge is 2.26. The van der Waals surface area contributed by atoms with Crippen molar-refractivity contribution in [3.8, 4) is 11.5 Å². The highest BCUT2D eigenvalue weighted by atomic mass is 35.5. The van der Waals surface area contributed by atoms with E-state index in [0.717, 1.165) is 0 Å². The number of anilines is 1. The fourth-order valence-corrected chi connectivity index (χ4v) is 4.40. The lowest BCUT2D eigenvalue weighted by Gasteiger charge is -2.24. The van der Waals surface area contributed by atoms with Crippen molar-refractivity contribution >= 4 is 39.1 Å². The van der Waals surface area contributed by atoms with E-state index >= 15 is 0 Å². The number of fused-ring (bicyclic) bond motifs is 1. The van der Waals surface area contributed by atoms with Crippen molar-refractivity contribution in [1.82, 2.24) is 9.62 Å². The number of nitrogens with one attached hydrogen (secondary N) is 2. The molecule has 0 aromatic heterocycles. The third-order valence-corrected chi connectivity index (χ3v) is 6.49. The van der Waals surface area contributed by atoms with Crippen molar-refractivity contribution in [2.75, 3.05) is 31.6 Å². The molecule has 2 N–H and O–H groups in total. The Morgan fingerprint density at radius 2 is 1.75 bits per heavy atom. The summed E-state index contributed by atoms with van der Waals surface area (Å²) in [7, 11) is -3.93. The van der Waals surface area contributed by atoms with Crippen molar-refractivity contribution in [3.63, 3.8) is 0 Å². The Bertz CT molecular complexity index is 1090. The molecular formula is C21H24ClN3O6S. The quantitative estimate of drug-likeness (QED) is 0.597. The van der Waals surface area contributed by atoms with Crippen LogP contribution in [0.25, 0.3) is 0 Å². The smallest absolute Gasteiger partial charge is 0.243 e. The molecule has 0 saturated heterocycles. The summed E-state index contributed by atoms with van der Waals surface area (Å²) in [5.74, 6) is 0.177. The fraction of sp³-hybridized carbons (Fsp3) is 0.333. The van der Waals surface area contributed by atoms with Crippen molar-refractivity contribution in [2.45, 2.75) is 24.8 Å². The summed E-state index contributed by atoms with van der Waals surface area (Å²) in [4.78, 5) is 26.5. The first kappa shape index (κ1) is 23.8. The van der Waals surface area contributed by atoms with Crippen LogP contribution in [0.2, 0.25) is 5.02 Å². The average Bonchev–Trinajstić information content (AvgIpc) is 2.77. The maximum atomic E-state index is 12.8. The van der Waals surface area contributed by atoms with Gasteiger partial charge < -0.3 is 19.7 Å². The molecule has 1 heterocycles. The zero-order chi connectivity index (χ0) is 23.3. The molecular weight excluding hydrogens is 458 g/mol. The van der Waals surface area contributed by atoms with E-state index in [0.29, 0.717) is 35.4 Å². The number of likely N-dealkylation sites (N-methyl/N-ethyl adjacent to an activating group) is 1. The van der Waals surface area contributed by atoms with Crippen molar-refractivity contribution in [3.05, 3.63) is 47.5 Å². The molecule has 9 nitrogen and oxygen atoms in total. The molecule has 0 unspecified atom stereocenters. The lowest BCUT2D eigenvalue weighted by atomic mass is 10.2. The minimum Gasteiger partial charge on any atom is -0.486 e. The number of ether oxygens (including phenoxy) is 2. The number of carbonyl (C=O) groups excluding carboxylic acids is 2. The Balaban J connectivity index is 1.61. The second-order valence-electron chi connectivity index (χ2n) is 7.06. The molecule has 32 heavy (non-hydrogen) atoms. The van der Waals surface area contributed by atoms with Gasteiger partial charge in [-0.25, -0.2) is 8.42 Å². The van der Waals surface area contributed by atoms with Crippen LogP contribution >= 0.6 is 11.6 Å². The Morgan fingerprint density at radius 3 is 2.41 bits per heavy atom. The first-order chi connectivity index (χ1) is 15.2. The lowest BCUT2D eigenvalue weighted by Crippen LogP contribution is -2.48. The molecule has 0 saturated carbocycles. The monoisotopic (exact) mass is 481 g/mol. The van der Waals surface area contributed by atoms with E-state index in [-0.39, 0.29) is 18.0 Å². The summed E-state index contributed by atoms with van der Waals surface area (Å²) in [5, 5.41) is 3.11. The minimum atomic E-state index is -3.93. The average molecular weight is 482 g/mol. The molecule has 2 amide bonds. The summed E-state index contributed by atoms with van der Waals surface area (Å²) in [6, 6.07) is 9.53. The van der Waals surface area contributed by atoms with Gasteiger partial charge in [-0.3, -0.25) is 9.59 Å². The number of carbonyl (C=O) groups is 2. The normalized spacial score (nSPS) is 13.8. The third-order valence-electron chi connectivity index (χ3n) is 4.68. The number of rotatable bonds is 8. The molecule has 3 rings (SSSR count). The molecule has 1 aliphatic rings. The molecule has 0 bridgehead atoms. The second kappa shape index (κ2) is 10.2. The third kappa shape index (κ3) is 5.90. The maximum absolute atomic E-state index is 12.8. The molecule has 2 aromatic carbocycles. The van der Waals surface area contributed by atoms with E-state index in [9.17, 15) is 18.0 Å². The summed E-state index contributed by atoms with van der Waals surface area (Å²) in [6.45, 7) is 4.00. The van der Waals surface area contributed by atoms with Gasteiger partial charge in [0.15, 0.2) is 11.5 Å². The van der Waals surface area contributed by atoms with Crippen LogP contribution in [0.1, 0.15) is 13.8 Å². The van der Waals surface area contributed by atoms with Crippen LogP contribution in [-0.4, -0.2) is 57.5 Å². The molecule has 11 heteroatoms. The molecule has 0 fully saturated rings. The van der Waals surface area contributed by atoms with Crippen LogP contribution in [-0.2, 0) is 19.6 Å². The lowest BCUT2D eigenvalue weighted by molar-refractivity contribution is -0.135.